The molecule has 1 aromatic carbocycles. The highest BCUT2D eigenvalue weighted by molar-refractivity contribution is 5.77. The summed E-state index contributed by atoms with van der Waals surface area (Å²) >= 11 is 0. The van der Waals surface area contributed by atoms with Gasteiger partial charge in [0.1, 0.15) is 6.61 Å². The Bertz CT molecular complexity index is 587. The van der Waals surface area contributed by atoms with Crippen molar-refractivity contribution >= 4 is 5.91 Å². The molecule has 0 saturated carbocycles. The van der Waals surface area contributed by atoms with Gasteiger partial charge in [0.15, 0.2) is 0 Å². The molecule has 0 radical (unpaired) electrons. The number of pyridine rings is 1. The van der Waals surface area contributed by atoms with Crippen LogP contribution in [0, 0.1) is 0 Å². The minimum Gasteiger partial charge on any atom is -0.478 e. The van der Waals surface area contributed by atoms with Gasteiger partial charge < -0.3 is 14.8 Å². The number of ether oxygens (including phenoxy) is 2. The van der Waals surface area contributed by atoms with Gasteiger partial charge in [-0.25, -0.2) is 4.98 Å². The maximum absolute atomic E-state index is 11.8. The molecule has 5 heteroatoms. The van der Waals surface area contributed by atoms with E-state index in [1.165, 1.54) is 0 Å². The second-order valence-corrected chi connectivity index (χ2v) is 4.66. The average Bonchev–Trinajstić information content (AvgIpc) is 2.55. The van der Waals surface area contributed by atoms with Gasteiger partial charge in [0.05, 0.1) is 13.2 Å². The van der Waals surface area contributed by atoms with Crippen molar-refractivity contribution in [3.8, 4) is 5.88 Å². The van der Waals surface area contributed by atoms with E-state index in [0.29, 0.717) is 25.6 Å². The van der Waals surface area contributed by atoms with Crippen molar-refractivity contribution < 1.29 is 14.3 Å². The van der Waals surface area contributed by atoms with E-state index in [4.69, 9.17) is 9.47 Å². The molecule has 1 aromatic heterocycles. The summed E-state index contributed by atoms with van der Waals surface area (Å²) in [6, 6.07) is 13.4. The van der Waals surface area contributed by atoms with Gasteiger partial charge in [0.2, 0.25) is 11.8 Å². The smallest absolute Gasteiger partial charge is 0.246 e. The second-order valence-electron chi connectivity index (χ2n) is 4.66. The monoisotopic (exact) mass is 300 g/mol. The summed E-state index contributed by atoms with van der Waals surface area (Å²) in [6.07, 6.45) is 1.67. The van der Waals surface area contributed by atoms with E-state index >= 15 is 0 Å². The fourth-order valence-electron chi connectivity index (χ4n) is 1.91. The Morgan fingerprint density at radius 1 is 1.18 bits per heavy atom. The summed E-state index contributed by atoms with van der Waals surface area (Å²) in [5.41, 5.74) is 1.89. The van der Waals surface area contributed by atoms with E-state index in [1.807, 2.05) is 49.4 Å². The van der Waals surface area contributed by atoms with E-state index in [2.05, 4.69) is 10.3 Å². The number of carbonyl (C=O) groups excluding carboxylic acids is 1. The van der Waals surface area contributed by atoms with Crippen LogP contribution in [0.15, 0.2) is 48.7 Å². The number of aromatic nitrogens is 1. The number of benzene rings is 1. The lowest BCUT2D eigenvalue weighted by molar-refractivity contribution is -0.126. The number of carbonyl (C=O) groups is 1. The molecule has 2 aromatic rings. The summed E-state index contributed by atoms with van der Waals surface area (Å²) in [4.78, 5) is 15.9. The molecule has 0 unspecified atom stereocenters. The highest BCUT2D eigenvalue weighted by Crippen LogP contribution is 2.13. The molecular weight excluding hydrogens is 280 g/mol. The molecule has 0 fully saturated rings. The van der Waals surface area contributed by atoms with Crippen LogP contribution in [0.25, 0.3) is 0 Å². The molecule has 1 N–H and O–H groups in total. The lowest BCUT2D eigenvalue weighted by atomic mass is 10.2. The van der Waals surface area contributed by atoms with E-state index in [9.17, 15) is 4.79 Å². The number of nitrogens with one attached hydrogen (secondary N) is 1. The van der Waals surface area contributed by atoms with Crippen molar-refractivity contribution in [2.24, 2.45) is 0 Å². The number of hydrogen-bond acceptors (Lipinski definition) is 4. The number of hydrogen-bond donors (Lipinski definition) is 1. The zero-order valence-corrected chi connectivity index (χ0v) is 12.6. The third-order valence-corrected chi connectivity index (χ3v) is 2.95. The van der Waals surface area contributed by atoms with Gasteiger partial charge in [0, 0.05) is 18.3 Å². The zero-order valence-electron chi connectivity index (χ0n) is 12.6. The quantitative estimate of drug-likeness (QED) is 0.812. The molecule has 1 heterocycles. The first kappa shape index (κ1) is 16.0. The Morgan fingerprint density at radius 3 is 2.77 bits per heavy atom. The molecule has 0 aliphatic heterocycles. The van der Waals surface area contributed by atoms with Crippen LogP contribution in [-0.4, -0.2) is 24.1 Å². The number of nitrogens with zero attached hydrogens (tertiary/aromatic N) is 1. The fourth-order valence-corrected chi connectivity index (χ4v) is 1.91. The topological polar surface area (TPSA) is 60.5 Å². The summed E-state index contributed by atoms with van der Waals surface area (Å²) in [7, 11) is 0. The minimum absolute atomic E-state index is 0.0269. The van der Waals surface area contributed by atoms with Crippen molar-refractivity contribution in [3.63, 3.8) is 0 Å². The Labute approximate surface area is 130 Å². The minimum atomic E-state index is -0.165. The lowest BCUT2D eigenvalue weighted by Crippen LogP contribution is -2.27. The standard InChI is InChI=1S/C17H20N2O3/c1-2-22-17-15(9-6-10-18-17)11-19-16(20)13-21-12-14-7-4-3-5-8-14/h3-10H,2,11-13H2,1H3,(H,19,20). The second kappa shape index (κ2) is 8.79. The Balaban J connectivity index is 1.74. The van der Waals surface area contributed by atoms with E-state index in [-0.39, 0.29) is 12.5 Å². The van der Waals surface area contributed by atoms with Crippen LogP contribution in [0.4, 0.5) is 0 Å². The van der Waals surface area contributed by atoms with Crippen molar-refractivity contribution in [1.29, 1.82) is 0 Å². The van der Waals surface area contributed by atoms with Crippen molar-refractivity contribution in [3.05, 3.63) is 59.8 Å². The largest absolute Gasteiger partial charge is 0.478 e. The average molecular weight is 300 g/mol. The van der Waals surface area contributed by atoms with E-state index in [1.54, 1.807) is 6.20 Å². The fraction of sp³-hybridized carbons (Fsp3) is 0.294. The van der Waals surface area contributed by atoms with Crippen LogP contribution in [0.1, 0.15) is 18.1 Å². The molecule has 0 spiro atoms. The molecule has 2 rings (SSSR count). The Hall–Kier alpha value is -2.40. The van der Waals surface area contributed by atoms with Gasteiger partial charge >= 0.3 is 0 Å². The molecular formula is C17H20N2O3. The zero-order chi connectivity index (χ0) is 15.6. The van der Waals surface area contributed by atoms with Gasteiger partial charge in [-0.2, -0.15) is 0 Å². The van der Waals surface area contributed by atoms with Crippen molar-refractivity contribution in [1.82, 2.24) is 10.3 Å². The van der Waals surface area contributed by atoms with E-state index in [0.717, 1.165) is 11.1 Å². The van der Waals surface area contributed by atoms with Gasteiger partial charge in [-0.05, 0) is 18.6 Å². The van der Waals surface area contributed by atoms with Crippen molar-refractivity contribution in [2.75, 3.05) is 13.2 Å². The molecule has 116 valence electrons. The Morgan fingerprint density at radius 2 is 2.00 bits per heavy atom. The molecule has 0 atom stereocenters. The molecule has 1 amide bonds. The first-order valence-corrected chi connectivity index (χ1v) is 7.24. The molecule has 0 bridgehead atoms. The van der Waals surface area contributed by atoms with Gasteiger partial charge in [-0.1, -0.05) is 36.4 Å². The molecule has 0 aliphatic carbocycles. The SMILES string of the molecule is CCOc1ncccc1CNC(=O)COCc1ccccc1. The summed E-state index contributed by atoms with van der Waals surface area (Å²) in [6.45, 7) is 3.26. The molecule has 0 saturated heterocycles. The lowest BCUT2D eigenvalue weighted by Gasteiger charge is -2.10. The van der Waals surface area contributed by atoms with Crippen LogP contribution in [0.3, 0.4) is 0 Å². The van der Waals surface area contributed by atoms with Crippen LogP contribution < -0.4 is 10.1 Å². The first-order chi connectivity index (χ1) is 10.8. The maximum Gasteiger partial charge on any atom is 0.246 e. The van der Waals surface area contributed by atoms with Crippen molar-refractivity contribution in [2.45, 2.75) is 20.1 Å². The van der Waals surface area contributed by atoms with Crippen LogP contribution in [-0.2, 0) is 22.7 Å². The molecule has 0 aliphatic rings. The van der Waals surface area contributed by atoms with Crippen LogP contribution >= 0.6 is 0 Å². The number of amides is 1. The summed E-state index contributed by atoms with van der Waals surface area (Å²) in [5.74, 6) is 0.387. The highest BCUT2D eigenvalue weighted by atomic mass is 16.5. The van der Waals surface area contributed by atoms with Crippen LogP contribution in [0.2, 0.25) is 0 Å². The molecule has 5 nitrogen and oxygen atoms in total. The maximum atomic E-state index is 11.8. The summed E-state index contributed by atoms with van der Waals surface area (Å²) in [5, 5.41) is 2.80. The molecule has 22 heavy (non-hydrogen) atoms. The highest BCUT2D eigenvalue weighted by Gasteiger charge is 2.06. The van der Waals surface area contributed by atoms with E-state index < -0.39 is 0 Å². The third-order valence-electron chi connectivity index (χ3n) is 2.95. The predicted molar refractivity (Wildman–Crippen MR) is 83.4 cm³/mol. The van der Waals surface area contributed by atoms with Gasteiger partial charge in [-0.15, -0.1) is 0 Å². The Kier molecular flexibility index (Phi) is 6.39. The van der Waals surface area contributed by atoms with Crippen LogP contribution in [0.5, 0.6) is 5.88 Å². The van der Waals surface area contributed by atoms with Gasteiger partial charge in [-0.3, -0.25) is 4.79 Å². The normalized spacial score (nSPS) is 10.2. The van der Waals surface area contributed by atoms with Gasteiger partial charge in [0.25, 0.3) is 0 Å². The first-order valence-electron chi connectivity index (χ1n) is 7.24. The summed E-state index contributed by atoms with van der Waals surface area (Å²) < 4.78 is 10.8. The third kappa shape index (κ3) is 5.18. The number of rotatable bonds is 8. The predicted octanol–water partition coefficient (Wildman–Crippen LogP) is 2.31.